The molecule has 9 heteroatoms. The number of rotatable bonds is 4. The number of anilines is 1. The van der Waals surface area contributed by atoms with Gasteiger partial charge in [0, 0.05) is 17.9 Å². The first kappa shape index (κ1) is 22.1. The van der Waals surface area contributed by atoms with Gasteiger partial charge in [-0.3, -0.25) is 9.78 Å². The van der Waals surface area contributed by atoms with Gasteiger partial charge in [0.2, 0.25) is 5.91 Å². The third kappa shape index (κ3) is 5.50. The third-order valence-corrected chi connectivity index (χ3v) is 5.30. The molecule has 0 aliphatic heterocycles. The Morgan fingerprint density at radius 3 is 2.65 bits per heavy atom. The van der Waals surface area contributed by atoms with E-state index < -0.39 is 5.97 Å². The molecule has 1 aromatic carbocycles. The molecule has 31 heavy (non-hydrogen) atoms. The largest absolute Gasteiger partial charge is 0.507 e. The molecule has 9 nitrogen and oxygen atoms in total. The average Bonchev–Trinajstić information content (AvgIpc) is 3.21. The molecule has 3 aromatic rings. The van der Waals surface area contributed by atoms with Gasteiger partial charge in [-0.25, -0.2) is 9.78 Å². The number of carbonyl (C=O) groups is 2. The van der Waals surface area contributed by atoms with Crippen molar-refractivity contribution in [2.45, 2.75) is 51.5 Å². The highest BCUT2D eigenvalue weighted by molar-refractivity contribution is 6.06. The van der Waals surface area contributed by atoms with Crippen LogP contribution in [0.2, 0.25) is 0 Å². The zero-order chi connectivity index (χ0) is 22.4. The molecule has 0 saturated heterocycles. The van der Waals surface area contributed by atoms with E-state index in [-0.39, 0.29) is 28.3 Å². The van der Waals surface area contributed by atoms with E-state index >= 15 is 0 Å². The molecule has 1 fully saturated rings. The minimum absolute atomic E-state index is 0.0492. The maximum atomic E-state index is 11.6. The number of aromatic hydroxyl groups is 1. The molecule has 6 N–H and O–H groups in total. The number of fused-ring (bicyclic) bond motifs is 1. The first-order valence-electron chi connectivity index (χ1n) is 10.2. The van der Waals surface area contributed by atoms with Gasteiger partial charge >= 0.3 is 5.97 Å². The number of benzene rings is 1. The number of phenols is 1. The van der Waals surface area contributed by atoms with Gasteiger partial charge in [0.05, 0.1) is 35.0 Å². The smallest absolute Gasteiger partial charge is 0.339 e. The maximum Gasteiger partial charge on any atom is 0.339 e. The van der Waals surface area contributed by atoms with E-state index in [0.29, 0.717) is 23.7 Å². The van der Waals surface area contributed by atoms with E-state index in [0.717, 1.165) is 18.5 Å². The molecule has 0 radical (unpaired) electrons. The lowest BCUT2D eigenvalue weighted by molar-refractivity contribution is -0.121. The second kappa shape index (κ2) is 9.92. The van der Waals surface area contributed by atoms with Gasteiger partial charge in [-0.15, -0.1) is 0 Å². The molecular formula is C22H27N5O4. The molecule has 0 atom stereocenters. The van der Waals surface area contributed by atoms with Crippen LogP contribution in [0.4, 0.5) is 5.69 Å². The minimum Gasteiger partial charge on any atom is -0.507 e. The lowest BCUT2D eigenvalue weighted by Gasteiger charge is -2.22. The molecule has 2 aromatic heterocycles. The van der Waals surface area contributed by atoms with Crippen molar-refractivity contribution in [1.82, 2.24) is 20.3 Å². The Bertz CT molecular complexity index is 1060. The van der Waals surface area contributed by atoms with Gasteiger partial charge in [-0.05, 0) is 31.9 Å². The zero-order valence-corrected chi connectivity index (χ0v) is 17.4. The summed E-state index contributed by atoms with van der Waals surface area (Å²) in [6, 6.07) is 5.14. The molecule has 2 heterocycles. The fraction of sp³-hybridized carbons (Fsp3) is 0.364. The monoisotopic (exact) mass is 425 g/mol. The molecule has 4 rings (SSSR count). The van der Waals surface area contributed by atoms with Crippen LogP contribution in [0.25, 0.3) is 10.9 Å². The van der Waals surface area contributed by atoms with Crippen molar-refractivity contribution in [3.63, 3.8) is 0 Å². The van der Waals surface area contributed by atoms with Crippen molar-refractivity contribution < 1.29 is 19.8 Å². The van der Waals surface area contributed by atoms with Crippen molar-refractivity contribution in [1.29, 1.82) is 0 Å². The van der Waals surface area contributed by atoms with Gasteiger partial charge in [0.1, 0.15) is 11.3 Å². The van der Waals surface area contributed by atoms with Crippen LogP contribution >= 0.6 is 0 Å². The number of pyridine rings is 1. The van der Waals surface area contributed by atoms with Crippen LogP contribution in [0.5, 0.6) is 5.75 Å². The van der Waals surface area contributed by atoms with Crippen LogP contribution in [0, 0.1) is 6.92 Å². The number of amides is 1. The highest BCUT2D eigenvalue weighted by atomic mass is 16.4. The highest BCUT2D eigenvalue weighted by Gasteiger charge is 2.18. The molecule has 164 valence electrons. The van der Waals surface area contributed by atoms with Gasteiger partial charge in [0.15, 0.2) is 0 Å². The van der Waals surface area contributed by atoms with Gasteiger partial charge < -0.3 is 26.2 Å². The summed E-state index contributed by atoms with van der Waals surface area (Å²) in [5.41, 5.74) is 7.43. The highest BCUT2D eigenvalue weighted by Crippen LogP contribution is 2.32. The SMILES string of the molecule is Cc1nc2cccc(O)c2c(N)c1C(=O)O.O=C(Cc1cnc[nH]1)NC1CCCCC1. The number of hydrogen-bond donors (Lipinski definition) is 5. The summed E-state index contributed by atoms with van der Waals surface area (Å²) in [4.78, 5) is 33.5. The molecule has 0 spiro atoms. The van der Waals surface area contributed by atoms with Crippen LogP contribution in [-0.2, 0) is 11.2 Å². The lowest BCUT2D eigenvalue weighted by Crippen LogP contribution is -2.37. The molecule has 0 unspecified atom stereocenters. The number of phenolic OH excluding ortho intramolecular Hbond substituents is 1. The summed E-state index contributed by atoms with van der Waals surface area (Å²) in [6.07, 6.45) is 9.78. The molecular weight excluding hydrogens is 398 g/mol. The summed E-state index contributed by atoms with van der Waals surface area (Å²) >= 11 is 0. The van der Waals surface area contributed by atoms with Crippen LogP contribution in [0.3, 0.4) is 0 Å². The number of H-pyrrole nitrogens is 1. The number of hydrogen-bond acceptors (Lipinski definition) is 6. The predicted molar refractivity (Wildman–Crippen MR) is 117 cm³/mol. The Kier molecular flexibility index (Phi) is 7.07. The number of carbonyl (C=O) groups excluding carboxylic acids is 1. The summed E-state index contributed by atoms with van der Waals surface area (Å²) < 4.78 is 0. The van der Waals surface area contributed by atoms with Crippen LogP contribution in [0.15, 0.2) is 30.7 Å². The first-order valence-corrected chi connectivity index (χ1v) is 10.2. The zero-order valence-electron chi connectivity index (χ0n) is 17.4. The van der Waals surface area contributed by atoms with E-state index in [4.69, 9.17) is 10.8 Å². The third-order valence-electron chi connectivity index (χ3n) is 5.30. The average molecular weight is 425 g/mol. The predicted octanol–water partition coefficient (Wildman–Crippen LogP) is 2.93. The molecule has 1 amide bonds. The first-order chi connectivity index (χ1) is 14.9. The van der Waals surface area contributed by atoms with Crippen LogP contribution in [0.1, 0.15) is 53.8 Å². The van der Waals surface area contributed by atoms with E-state index in [1.807, 2.05) is 0 Å². The van der Waals surface area contributed by atoms with Gasteiger partial charge in [-0.1, -0.05) is 25.3 Å². The Hall–Kier alpha value is -3.62. The van der Waals surface area contributed by atoms with Crippen LogP contribution < -0.4 is 11.1 Å². The van der Waals surface area contributed by atoms with E-state index in [1.165, 1.54) is 25.3 Å². The number of nitrogen functional groups attached to an aromatic ring is 1. The number of nitrogens with two attached hydrogens (primary N) is 1. The number of aryl methyl sites for hydroxylation is 1. The van der Waals surface area contributed by atoms with Crippen LogP contribution in [-0.4, -0.2) is 43.1 Å². The molecule has 0 bridgehead atoms. The topological polar surface area (TPSA) is 154 Å². The quantitative estimate of drug-likeness (QED) is 0.430. The second-order valence-corrected chi connectivity index (χ2v) is 7.62. The number of carboxylic acid groups (broad SMARTS) is 1. The van der Waals surface area contributed by atoms with Crippen molar-refractivity contribution in [2.24, 2.45) is 0 Å². The van der Waals surface area contributed by atoms with E-state index in [9.17, 15) is 14.7 Å². The Morgan fingerprint density at radius 2 is 2.00 bits per heavy atom. The Morgan fingerprint density at radius 1 is 1.26 bits per heavy atom. The van der Waals surface area contributed by atoms with Crippen molar-refractivity contribution in [3.05, 3.63) is 47.7 Å². The molecule has 1 aliphatic rings. The van der Waals surface area contributed by atoms with E-state index in [2.05, 4.69) is 20.3 Å². The number of nitrogens with one attached hydrogen (secondary N) is 2. The number of nitrogens with zero attached hydrogens (tertiary/aromatic N) is 2. The van der Waals surface area contributed by atoms with Crippen molar-refractivity contribution >= 4 is 28.5 Å². The standard InChI is InChI=1S/C11H17N3O.C11H10N2O3/c15-11(6-10-7-12-8-13-10)14-9-4-2-1-3-5-9;1-5-8(11(15)16)10(12)9-6(13-5)3-2-4-7(9)14/h7-9H,1-6H2,(H,12,13)(H,14,15);2-4,14H,1H3,(H2,12,13)(H,15,16). The van der Waals surface area contributed by atoms with Gasteiger partial charge in [0.25, 0.3) is 0 Å². The summed E-state index contributed by atoms with van der Waals surface area (Å²) in [6.45, 7) is 1.57. The van der Waals surface area contributed by atoms with Crippen molar-refractivity contribution in [3.8, 4) is 5.75 Å². The second-order valence-electron chi connectivity index (χ2n) is 7.62. The number of aromatic carboxylic acids is 1. The summed E-state index contributed by atoms with van der Waals surface area (Å²) in [5.74, 6) is -1.11. The fourth-order valence-corrected chi connectivity index (χ4v) is 3.80. The molecule has 1 aliphatic carbocycles. The number of imidazole rings is 1. The summed E-state index contributed by atoms with van der Waals surface area (Å²) in [5, 5.41) is 22.0. The molecule has 1 saturated carbocycles. The fourth-order valence-electron chi connectivity index (χ4n) is 3.80. The maximum absolute atomic E-state index is 11.6. The number of aromatic amines is 1. The Labute approximate surface area is 179 Å². The van der Waals surface area contributed by atoms with Gasteiger partial charge in [-0.2, -0.15) is 0 Å². The Balaban J connectivity index is 0.000000176. The van der Waals surface area contributed by atoms with E-state index in [1.54, 1.807) is 31.6 Å². The number of aromatic nitrogens is 3. The lowest BCUT2D eigenvalue weighted by atomic mass is 9.95. The normalized spacial score (nSPS) is 14.0. The summed E-state index contributed by atoms with van der Waals surface area (Å²) in [7, 11) is 0. The van der Waals surface area contributed by atoms with Crippen molar-refractivity contribution in [2.75, 3.05) is 5.73 Å². The number of carboxylic acids is 1. The minimum atomic E-state index is -1.15.